The molecule has 116 valence electrons. The van der Waals surface area contributed by atoms with Crippen LogP contribution in [0, 0.1) is 13.8 Å². The van der Waals surface area contributed by atoms with Crippen LogP contribution in [0.4, 0.5) is 0 Å². The van der Waals surface area contributed by atoms with Crippen LogP contribution in [0.1, 0.15) is 11.1 Å². The number of nitrogens with one attached hydrogen (secondary N) is 1. The van der Waals surface area contributed by atoms with Crippen molar-refractivity contribution in [2.45, 2.75) is 24.8 Å². The number of hydrogen-bond acceptors (Lipinski definition) is 4. The van der Waals surface area contributed by atoms with Gasteiger partial charge in [0, 0.05) is 45.3 Å². The Morgan fingerprint density at radius 3 is 2.05 bits per heavy atom. The summed E-state index contributed by atoms with van der Waals surface area (Å²) in [5.41, 5.74) is 1.99. The first-order valence-corrected chi connectivity index (χ1v) is 8.94. The molecule has 0 atom stereocenters. The van der Waals surface area contributed by atoms with Crippen LogP contribution in [0.5, 0.6) is 0 Å². The SMILES string of the molecule is Cc1cc(C)cc(S(=O)(=O)N2CCN(C3CNC3)CC2)c1. The van der Waals surface area contributed by atoms with Gasteiger partial charge in [0.25, 0.3) is 0 Å². The summed E-state index contributed by atoms with van der Waals surface area (Å²) >= 11 is 0. The van der Waals surface area contributed by atoms with E-state index in [0.717, 1.165) is 37.3 Å². The van der Waals surface area contributed by atoms with Crippen LogP contribution in [0.15, 0.2) is 23.1 Å². The van der Waals surface area contributed by atoms with Crippen molar-refractivity contribution < 1.29 is 8.42 Å². The van der Waals surface area contributed by atoms with Gasteiger partial charge in [0.2, 0.25) is 10.0 Å². The largest absolute Gasteiger partial charge is 0.314 e. The first kappa shape index (κ1) is 15.0. The van der Waals surface area contributed by atoms with Gasteiger partial charge in [0.15, 0.2) is 0 Å². The van der Waals surface area contributed by atoms with E-state index in [1.807, 2.05) is 19.9 Å². The maximum Gasteiger partial charge on any atom is 0.243 e. The second-order valence-corrected chi connectivity index (χ2v) is 8.01. The van der Waals surface area contributed by atoms with Crippen molar-refractivity contribution in [3.05, 3.63) is 29.3 Å². The summed E-state index contributed by atoms with van der Waals surface area (Å²) in [6.07, 6.45) is 0. The summed E-state index contributed by atoms with van der Waals surface area (Å²) in [6.45, 7) is 8.78. The van der Waals surface area contributed by atoms with E-state index in [1.54, 1.807) is 16.4 Å². The third-order valence-electron chi connectivity index (χ3n) is 4.38. The van der Waals surface area contributed by atoms with Crippen LogP contribution in [0.25, 0.3) is 0 Å². The minimum absolute atomic E-state index is 0.429. The van der Waals surface area contributed by atoms with Crippen molar-refractivity contribution >= 4 is 10.0 Å². The normalized spacial score (nSPS) is 22.2. The number of nitrogens with zero attached hydrogens (tertiary/aromatic N) is 2. The van der Waals surface area contributed by atoms with Gasteiger partial charge in [-0.15, -0.1) is 0 Å². The summed E-state index contributed by atoms with van der Waals surface area (Å²) in [7, 11) is -3.35. The fourth-order valence-corrected chi connectivity index (χ4v) is 4.68. The average Bonchev–Trinajstić information content (AvgIpc) is 2.36. The maximum absolute atomic E-state index is 12.7. The summed E-state index contributed by atoms with van der Waals surface area (Å²) in [5, 5.41) is 3.26. The van der Waals surface area contributed by atoms with Crippen LogP contribution in [-0.4, -0.2) is 62.9 Å². The van der Waals surface area contributed by atoms with Gasteiger partial charge in [0.05, 0.1) is 4.90 Å². The van der Waals surface area contributed by atoms with E-state index in [0.29, 0.717) is 24.0 Å². The highest BCUT2D eigenvalue weighted by molar-refractivity contribution is 7.89. The highest BCUT2D eigenvalue weighted by atomic mass is 32.2. The average molecular weight is 309 g/mol. The Bertz CT molecular complexity index is 598. The third-order valence-corrected chi connectivity index (χ3v) is 6.26. The molecule has 0 unspecified atom stereocenters. The Morgan fingerprint density at radius 1 is 1.00 bits per heavy atom. The van der Waals surface area contributed by atoms with Crippen molar-refractivity contribution in [3.63, 3.8) is 0 Å². The van der Waals surface area contributed by atoms with Crippen molar-refractivity contribution in [2.75, 3.05) is 39.3 Å². The van der Waals surface area contributed by atoms with Gasteiger partial charge in [-0.05, 0) is 37.1 Å². The molecule has 21 heavy (non-hydrogen) atoms. The molecule has 0 saturated carbocycles. The van der Waals surface area contributed by atoms with Crippen molar-refractivity contribution in [1.29, 1.82) is 0 Å². The monoisotopic (exact) mass is 309 g/mol. The smallest absolute Gasteiger partial charge is 0.243 e. The predicted octanol–water partition coefficient (Wildman–Crippen LogP) is 0.582. The van der Waals surface area contributed by atoms with E-state index < -0.39 is 10.0 Å². The molecule has 0 aliphatic carbocycles. The Balaban J connectivity index is 1.73. The standard InChI is InChI=1S/C15H23N3O2S/c1-12-7-13(2)9-15(8-12)21(19,20)18-5-3-17(4-6-18)14-10-16-11-14/h7-9,14,16H,3-6,10-11H2,1-2H3. The molecule has 3 rings (SSSR count). The number of rotatable bonds is 3. The molecule has 1 N–H and O–H groups in total. The van der Waals surface area contributed by atoms with E-state index in [1.165, 1.54) is 0 Å². The number of aryl methyl sites for hydroxylation is 2. The molecule has 1 aromatic carbocycles. The Morgan fingerprint density at radius 2 is 1.57 bits per heavy atom. The van der Waals surface area contributed by atoms with Gasteiger partial charge in [-0.25, -0.2) is 8.42 Å². The van der Waals surface area contributed by atoms with Crippen LogP contribution in [-0.2, 0) is 10.0 Å². The molecule has 5 nitrogen and oxygen atoms in total. The summed E-state index contributed by atoms with van der Waals surface area (Å²) < 4.78 is 27.1. The fraction of sp³-hybridized carbons (Fsp3) is 0.600. The van der Waals surface area contributed by atoms with E-state index in [4.69, 9.17) is 0 Å². The highest BCUT2D eigenvalue weighted by Gasteiger charge is 2.32. The fourth-order valence-electron chi connectivity index (χ4n) is 3.07. The van der Waals surface area contributed by atoms with Gasteiger partial charge in [-0.3, -0.25) is 4.90 Å². The molecule has 0 aromatic heterocycles. The first-order valence-electron chi connectivity index (χ1n) is 7.50. The summed E-state index contributed by atoms with van der Waals surface area (Å²) in [4.78, 5) is 2.82. The Hall–Kier alpha value is -0.950. The lowest BCUT2D eigenvalue weighted by Gasteiger charge is -2.42. The molecule has 1 aromatic rings. The van der Waals surface area contributed by atoms with Crippen LogP contribution in [0.2, 0.25) is 0 Å². The lowest BCUT2D eigenvalue weighted by atomic mass is 10.1. The zero-order chi connectivity index (χ0) is 15.0. The third kappa shape index (κ3) is 2.99. The second kappa shape index (κ2) is 5.68. The van der Waals surface area contributed by atoms with E-state index in [2.05, 4.69) is 10.2 Å². The van der Waals surface area contributed by atoms with E-state index in [-0.39, 0.29) is 0 Å². The van der Waals surface area contributed by atoms with Crippen molar-refractivity contribution in [2.24, 2.45) is 0 Å². The molecule has 0 amide bonds. The molecular formula is C15H23N3O2S. The number of hydrogen-bond donors (Lipinski definition) is 1. The van der Waals surface area contributed by atoms with Gasteiger partial charge in [0.1, 0.15) is 0 Å². The number of benzene rings is 1. The minimum atomic E-state index is -3.35. The topological polar surface area (TPSA) is 52.7 Å². The van der Waals surface area contributed by atoms with Crippen molar-refractivity contribution in [1.82, 2.24) is 14.5 Å². The lowest BCUT2D eigenvalue weighted by molar-refractivity contribution is 0.103. The first-order chi connectivity index (χ1) is 9.96. The highest BCUT2D eigenvalue weighted by Crippen LogP contribution is 2.21. The lowest BCUT2D eigenvalue weighted by Crippen LogP contribution is -2.62. The van der Waals surface area contributed by atoms with Crippen molar-refractivity contribution in [3.8, 4) is 0 Å². The molecule has 0 spiro atoms. The molecule has 2 aliphatic heterocycles. The van der Waals surface area contributed by atoms with Gasteiger partial charge < -0.3 is 5.32 Å². The van der Waals surface area contributed by atoms with Gasteiger partial charge >= 0.3 is 0 Å². The van der Waals surface area contributed by atoms with Crippen LogP contribution < -0.4 is 5.32 Å². The molecule has 0 bridgehead atoms. The number of piperazine rings is 1. The second-order valence-electron chi connectivity index (χ2n) is 6.08. The predicted molar refractivity (Wildman–Crippen MR) is 82.9 cm³/mol. The maximum atomic E-state index is 12.7. The molecule has 2 fully saturated rings. The van der Waals surface area contributed by atoms with Gasteiger partial charge in [-0.2, -0.15) is 4.31 Å². The summed E-state index contributed by atoms with van der Waals surface area (Å²) in [6, 6.07) is 6.13. The molecular weight excluding hydrogens is 286 g/mol. The molecule has 6 heteroatoms. The Kier molecular flexibility index (Phi) is 4.05. The summed E-state index contributed by atoms with van der Waals surface area (Å²) in [5.74, 6) is 0. The zero-order valence-electron chi connectivity index (χ0n) is 12.7. The van der Waals surface area contributed by atoms with Crippen LogP contribution in [0.3, 0.4) is 0 Å². The number of sulfonamides is 1. The zero-order valence-corrected chi connectivity index (χ0v) is 13.5. The molecule has 2 aliphatic rings. The van der Waals surface area contributed by atoms with E-state index in [9.17, 15) is 8.42 Å². The quantitative estimate of drug-likeness (QED) is 0.887. The van der Waals surface area contributed by atoms with Gasteiger partial charge in [-0.1, -0.05) is 6.07 Å². The molecule has 0 radical (unpaired) electrons. The molecule has 2 saturated heterocycles. The van der Waals surface area contributed by atoms with Crippen LogP contribution >= 0.6 is 0 Å². The Labute approximate surface area is 127 Å². The minimum Gasteiger partial charge on any atom is -0.314 e. The van der Waals surface area contributed by atoms with E-state index >= 15 is 0 Å². The molecule has 2 heterocycles.